The summed E-state index contributed by atoms with van der Waals surface area (Å²) in [5.41, 5.74) is -9.46. The lowest BCUT2D eigenvalue weighted by Gasteiger charge is -2.53. The van der Waals surface area contributed by atoms with Crippen LogP contribution in [0.2, 0.25) is 0 Å². The fourth-order valence-electron chi connectivity index (χ4n) is 8.57. The van der Waals surface area contributed by atoms with E-state index in [1.165, 1.54) is 39.6 Å². The summed E-state index contributed by atoms with van der Waals surface area (Å²) in [5, 5.41) is 57.5. The number of carbonyl (C=O) groups is 5. The molecule has 1 aromatic heterocycles. The van der Waals surface area contributed by atoms with Crippen LogP contribution in [0.3, 0.4) is 0 Å². The van der Waals surface area contributed by atoms with Crippen molar-refractivity contribution in [2.24, 2.45) is 4.99 Å². The molecule has 0 spiro atoms. The summed E-state index contributed by atoms with van der Waals surface area (Å²) < 4.78 is 28.3. The van der Waals surface area contributed by atoms with Gasteiger partial charge in [-0.1, -0.05) is 12.1 Å². The van der Waals surface area contributed by atoms with Gasteiger partial charge in [0.1, 0.15) is 42.0 Å². The van der Waals surface area contributed by atoms with Gasteiger partial charge >= 0.3 is 5.97 Å². The third-order valence-electron chi connectivity index (χ3n) is 11.1. The number of hydrogen-bond acceptors (Lipinski definition) is 16. The molecule has 3 aromatic rings. The van der Waals surface area contributed by atoms with E-state index in [1.807, 2.05) is 0 Å². The number of nitrogens with zero attached hydrogens (tertiary/aromatic N) is 2. The van der Waals surface area contributed by atoms with Crippen molar-refractivity contribution in [3.05, 3.63) is 86.7 Å². The molecule has 1 saturated heterocycles. The lowest BCUT2D eigenvalue weighted by molar-refractivity contribution is -0.228. The minimum atomic E-state index is -3.23. The van der Waals surface area contributed by atoms with Crippen LogP contribution < -0.4 is 4.74 Å². The molecule has 0 saturated carbocycles. The van der Waals surface area contributed by atoms with E-state index < -0.39 is 135 Å². The summed E-state index contributed by atoms with van der Waals surface area (Å²) in [6.45, 7) is 2.76. The SMILES string of the molecule is CO[C@@H]1[C@@H](O)[C@@H](OC)[C@@H](N=C2CC(=O)c3c(cc4c(c3O)C(=O)C3(OC)C(O)Cc5cc(C)c(C(=O)O)c(OCc6cccnc6)c5C3(O)C4=O)C2=O)O[C@H]1C. The number of pyridine rings is 1. The molecule has 0 bridgehead atoms. The van der Waals surface area contributed by atoms with Crippen molar-refractivity contribution in [2.75, 3.05) is 21.3 Å². The van der Waals surface area contributed by atoms with Gasteiger partial charge in [-0.25, -0.2) is 4.79 Å². The molecular formula is C39H38N2O15. The van der Waals surface area contributed by atoms with Crippen molar-refractivity contribution in [2.45, 2.75) is 81.2 Å². The fourth-order valence-corrected chi connectivity index (χ4v) is 8.57. The van der Waals surface area contributed by atoms with Crippen LogP contribution in [-0.2, 0) is 37.6 Å². The standard InChI is InChI=1S/C39H38N2O15/c1-15-9-18-10-23(43)39(54-5)35(48)26-20(34(47)38(39,51)27(18)32(24(15)37(49)50)55-14-17-7-6-8-40-13-17)11-19-25(29(26)45)22(42)12-21(28(19)44)41-36-33(53-4)30(46)31(52-3)16(2)56-36/h6-9,11,13,16,23,30-31,33,36,43,45-46,51H,10,12,14H2,1-5H3,(H,49,50)/t16-,23?,30+,31-,33+,36-,38?,39?/m0/s1. The van der Waals surface area contributed by atoms with Crippen LogP contribution >= 0.6 is 0 Å². The predicted molar refractivity (Wildman–Crippen MR) is 189 cm³/mol. The van der Waals surface area contributed by atoms with Crippen LogP contribution in [0, 0.1) is 6.92 Å². The number of Topliss-reactive ketones (excluding diaryl/α,β-unsaturated/α-hetero) is 4. The molecule has 8 atom stereocenters. The number of rotatable bonds is 8. The zero-order chi connectivity index (χ0) is 40.6. The summed E-state index contributed by atoms with van der Waals surface area (Å²) in [7, 11) is 3.59. The number of aromatic carboxylic acids is 1. The Bertz CT molecular complexity index is 2240. The molecule has 1 aliphatic heterocycles. The largest absolute Gasteiger partial charge is 0.506 e. The Hall–Kier alpha value is -5.27. The van der Waals surface area contributed by atoms with E-state index >= 15 is 4.79 Å². The maximum absolute atomic E-state index is 15.0. The molecule has 294 valence electrons. The van der Waals surface area contributed by atoms with Crippen LogP contribution in [0.1, 0.15) is 87.4 Å². The van der Waals surface area contributed by atoms with Crippen molar-refractivity contribution >= 4 is 34.8 Å². The second-order valence-corrected chi connectivity index (χ2v) is 14.1. The molecule has 17 nitrogen and oxygen atoms in total. The molecule has 0 amide bonds. The van der Waals surface area contributed by atoms with Crippen LogP contribution in [0.5, 0.6) is 11.5 Å². The lowest BCUT2D eigenvalue weighted by Crippen LogP contribution is -2.73. The van der Waals surface area contributed by atoms with E-state index in [-0.39, 0.29) is 23.4 Å². The average molecular weight is 775 g/mol. The Labute approximate surface area is 318 Å². The first kappa shape index (κ1) is 39.0. The van der Waals surface area contributed by atoms with Gasteiger partial charge in [0.05, 0.1) is 35.5 Å². The highest BCUT2D eigenvalue weighted by atomic mass is 16.6. The number of phenols is 1. The van der Waals surface area contributed by atoms with E-state index in [1.54, 1.807) is 19.1 Å². The second kappa shape index (κ2) is 14.0. The number of carbonyl (C=O) groups excluding carboxylic acids is 4. The third-order valence-corrected chi connectivity index (χ3v) is 11.1. The van der Waals surface area contributed by atoms with Gasteiger partial charge in [0.15, 0.2) is 23.2 Å². The number of aromatic nitrogens is 1. The molecule has 4 aliphatic rings. The van der Waals surface area contributed by atoms with Crippen LogP contribution in [0.4, 0.5) is 0 Å². The van der Waals surface area contributed by atoms with E-state index in [0.717, 1.165) is 13.2 Å². The van der Waals surface area contributed by atoms with Gasteiger partial charge in [0, 0.05) is 62.4 Å². The van der Waals surface area contributed by atoms with Crippen LogP contribution in [-0.4, -0.2) is 129 Å². The molecule has 17 heteroatoms. The molecule has 1 fully saturated rings. The van der Waals surface area contributed by atoms with E-state index in [4.69, 9.17) is 23.7 Å². The molecule has 3 aliphatic carbocycles. The van der Waals surface area contributed by atoms with Crippen LogP contribution in [0.15, 0.2) is 41.7 Å². The predicted octanol–water partition coefficient (Wildman–Crippen LogP) is 1.29. The number of hydrogen-bond donors (Lipinski definition) is 5. The number of ether oxygens (including phenoxy) is 5. The molecule has 5 N–H and O–H groups in total. The maximum atomic E-state index is 15.0. The Morgan fingerprint density at radius 1 is 1.04 bits per heavy atom. The van der Waals surface area contributed by atoms with Crippen molar-refractivity contribution < 1.29 is 73.2 Å². The van der Waals surface area contributed by atoms with Crippen LogP contribution in [0.25, 0.3) is 0 Å². The molecular weight excluding hydrogens is 736 g/mol. The summed E-state index contributed by atoms with van der Waals surface area (Å²) in [5.74, 6) is -7.58. The zero-order valence-electron chi connectivity index (χ0n) is 30.8. The van der Waals surface area contributed by atoms with E-state index in [2.05, 4.69) is 9.98 Å². The highest BCUT2D eigenvalue weighted by Gasteiger charge is 2.73. The van der Waals surface area contributed by atoms with Crippen molar-refractivity contribution in [1.82, 2.24) is 4.98 Å². The Morgan fingerprint density at radius 2 is 1.75 bits per heavy atom. The number of aliphatic hydroxyl groups excluding tert-OH is 2. The van der Waals surface area contributed by atoms with Crippen molar-refractivity contribution in [3.8, 4) is 11.5 Å². The number of aryl methyl sites for hydroxylation is 1. The first-order valence-corrected chi connectivity index (χ1v) is 17.5. The van der Waals surface area contributed by atoms with Crippen molar-refractivity contribution in [1.29, 1.82) is 0 Å². The lowest BCUT2D eigenvalue weighted by atomic mass is 9.56. The first-order valence-electron chi connectivity index (χ1n) is 17.5. The number of aliphatic hydroxyl groups is 3. The highest BCUT2D eigenvalue weighted by molar-refractivity contribution is 6.53. The highest BCUT2D eigenvalue weighted by Crippen LogP contribution is 2.57. The monoisotopic (exact) mass is 774 g/mol. The number of aliphatic imine (C=N–C) groups is 1. The van der Waals surface area contributed by atoms with Crippen molar-refractivity contribution in [3.63, 3.8) is 0 Å². The number of benzene rings is 2. The Morgan fingerprint density at radius 3 is 2.38 bits per heavy atom. The molecule has 0 radical (unpaired) electrons. The van der Waals surface area contributed by atoms with Gasteiger partial charge < -0.3 is 49.2 Å². The number of aromatic hydroxyl groups is 1. The molecule has 7 rings (SSSR count). The fraction of sp³-hybridized carbons (Fsp3) is 0.410. The Balaban J connectivity index is 1.42. The van der Waals surface area contributed by atoms with Gasteiger partial charge in [0.25, 0.3) is 0 Å². The average Bonchev–Trinajstić information content (AvgIpc) is 3.15. The van der Waals surface area contributed by atoms with Gasteiger partial charge in [-0.15, -0.1) is 0 Å². The number of methoxy groups -OCH3 is 3. The van der Waals surface area contributed by atoms with Gasteiger partial charge in [-0.3, -0.25) is 29.2 Å². The summed E-state index contributed by atoms with van der Waals surface area (Å²) in [4.78, 5) is 78.7. The minimum absolute atomic E-state index is 0.0520. The minimum Gasteiger partial charge on any atom is -0.506 e. The number of carboxylic acids is 1. The molecule has 3 unspecified atom stereocenters. The molecule has 2 heterocycles. The van der Waals surface area contributed by atoms with Gasteiger partial charge in [-0.2, -0.15) is 0 Å². The number of fused-ring (bicyclic) bond motifs is 5. The summed E-state index contributed by atoms with van der Waals surface area (Å²) >= 11 is 0. The molecule has 2 aromatic carbocycles. The number of ketones is 4. The summed E-state index contributed by atoms with van der Waals surface area (Å²) in [6, 6.07) is 5.45. The molecule has 56 heavy (non-hydrogen) atoms. The summed E-state index contributed by atoms with van der Waals surface area (Å²) in [6.07, 6.45) is -5.35. The van der Waals surface area contributed by atoms with E-state index in [0.29, 0.717) is 5.56 Å². The zero-order valence-corrected chi connectivity index (χ0v) is 30.8. The first-order chi connectivity index (χ1) is 26.6. The normalized spacial score (nSPS) is 30.4. The third kappa shape index (κ3) is 5.37. The maximum Gasteiger partial charge on any atom is 0.339 e. The second-order valence-electron chi connectivity index (χ2n) is 14.1. The number of phenolic OH excluding ortho intramolecular Hbond substituents is 1. The van der Waals surface area contributed by atoms with Gasteiger partial charge in [-0.05, 0) is 37.1 Å². The Kier molecular flexibility index (Phi) is 9.77. The smallest absolute Gasteiger partial charge is 0.339 e. The quantitative estimate of drug-likeness (QED) is 0.216. The topological polar surface area (TPSA) is 258 Å². The van der Waals surface area contributed by atoms with Gasteiger partial charge in [0.2, 0.25) is 17.3 Å². The van der Waals surface area contributed by atoms with E-state index in [9.17, 15) is 44.7 Å². The number of carboxylic acid groups (broad SMARTS) is 1.